The molecule has 0 aromatic heterocycles. The van der Waals surface area contributed by atoms with E-state index in [4.69, 9.17) is 14.5 Å². The van der Waals surface area contributed by atoms with Crippen molar-refractivity contribution in [3.05, 3.63) is 59.2 Å². The number of fused-ring (bicyclic) bond motifs is 4. The van der Waals surface area contributed by atoms with Crippen molar-refractivity contribution in [3.8, 4) is 11.5 Å². The molecule has 0 N–H and O–H groups in total. The zero-order valence-electron chi connectivity index (χ0n) is 17.8. The summed E-state index contributed by atoms with van der Waals surface area (Å²) in [5, 5.41) is 2.16. The molecule has 4 heteroatoms. The number of nitrogens with zero attached hydrogens (tertiary/aromatic N) is 2. The van der Waals surface area contributed by atoms with Crippen LogP contribution in [0.2, 0.25) is 0 Å². The van der Waals surface area contributed by atoms with Gasteiger partial charge in [0.05, 0.1) is 18.7 Å². The molecule has 3 aromatic rings. The van der Waals surface area contributed by atoms with E-state index in [0.29, 0.717) is 0 Å². The van der Waals surface area contributed by atoms with E-state index < -0.39 is 5.72 Å². The molecule has 29 heavy (non-hydrogen) atoms. The van der Waals surface area contributed by atoms with Crippen molar-refractivity contribution in [2.75, 3.05) is 19.1 Å². The van der Waals surface area contributed by atoms with Crippen molar-refractivity contribution in [2.45, 2.75) is 38.8 Å². The van der Waals surface area contributed by atoms with Gasteiger partial charge in [0.2, 0.25) is 5.72 Å². The summed E-state index contributed by atoms with van der Waals surface area (Å²) in [5.41, 5.74) is 5.08. The molecule has 2 aliphatic rings. The number of anilines is 1. The van der Waals surface area contributed by atoms with Gasteiger partial charge in [-0.15, -0.1) is 0 Å². The highest BCUT2D eigenvalue weighted by atomic mass is 16.5. The molecule has 148 valence electrons. The van der Waals surface area contributed by atoms with E-state index in [1.807, 2.05) is 24.4 Å². The standard InChI is InChI=1S/C25H26N2O2/c1-15-7-11-20-22(16(15)2)24(3,4)25(27(20)5)14-26-23-19-13-18(28-6)10-8-17(19)9-12-21(23)29-25/h7-14H,1-6H3/t25-/m1/s1. The van der Waals surface area contributed by atoms with E-state index in [0.717, 1.165) is 28.0 Å². The van der Waals surface area contributed by atoms with Gasteiger partial charge in [-0.2, -0.15) is 0 Å². The number of benzene rings is 3. The zero-order valence-corrected chi connectivity index (χ0v) is 17.8. The van der Waals surface area contributed by atoms with Gasteiger partial charge in [-0.05, 0) is 74.0 Å². The Morgan fingerprint density at radius 1 is 1.03 bits per heavy atom. The first-order chi connectivity index (χ1) is 13.8. The topological polar surface area (TPSA) is 34.1 Å². The molecular formula is C25H26N2O2. The first kappa shape index (κ1) is 18.0. The normalized spacial score (nSPS) is 21.2. The quantitative estimate of drug-likeness (QED) is 0.539. The largest absolute Gasteiger partial charge is 0.497 e. The van der Waals surface area contributed by atoms with Crippen molar-refractivity contribution in [1.82, 2.24) is 0 Å². The fourth-order valence-electron chi connectivity index (χ4n) is 5.04. The second kappa shape index (κ2) is 5.76. The van der Waals surface area contributed by atoms with E-state index in [9.17, 15) is 0 Å². The summed E-state index contributed by atoms with van der Waals surface area (Å²) in [6.07, 6.45) is 1.99. The minimum atomic E-state index is -0.673. The first-order valence-electron chi connectivity index (χ1n) is 9.99. The molecule has 3 aromatic carbocycles. The monoisotopic (exact) mass is 386 g/mol. The second-order valence-corrected chi connectivity index (χ2v) is 8.64. The number of likely N-dealkylation sites (N-methyl/N-ethyl adjacent to an activating group) is 1. The lowest BCUT2D eigenvalue weighted by Crippen LogP contribution is -2.61. The van der Waals surface area contributed by atoms with Crippen LogP contribution in [0.4, 0.5) is 11.4 Å². The molecule has 1 spiro atoms. The highest BCUT2D eigenvalue weighted by molar-refractivity contribution is 6.00. The van der Waals surface area contributed by atoms with Crippen molar-refractivity contribution in [2.24, 2.45) is 4.99 Å². The highest BCUT2D eigenvalue weighted by Crippen LogP contribution is 2.55. The second-order valence-electron chi connectivity index (χ2n) is 8.64. The van der Waals surface area contributed by atoms with Crippen LogP contribution in [0.3, 0.4) is 0 Å². The molecule has 0 fully saturated rings. The number of methoxy groups -OCH3 is 1. The van der Waals surface area contributed by atoms with Crippen LogP contribution in [0.1, 0.15) is 30.5 Å². The van der Waals surface area contributed by atoms with Crippen LogP contribution >= 0.6 is 0 Å². The Balaban J connectivity index is 1.71. The van der Waals surface area contributed by atoms with Crippen LogP contribution < -0.4 is 14.4 Å². The smallest absolute Gasteiger partial charge is 0.228 e. The lowest BCUT2D eigenvalue weighted by atomic mass is 9.75. The van der Waals surface area contributed by atoms with Gasteiger partial charge >= 0.3 is 0 Å². The molecule has 0 bridgehead atoms. The maximum atomic E-state index is 6.80. The molecule has 4 nitrogen and oxygen atoms in total. The maximum absolute atomic E-state index is 6.80. The molecule has 2 aliphatic heterocycles. The van der Waals surface area contributed by atoms with E-state index in [2.05, 4.69) is 63.9 Å². The van der Waals surface area contributed by atoms with Crippen LogP contribution in [0, 0.1) is 13.8 Å². The zero-order chi connectivity index (χ0) is 20.6. The summed E-state index contributed by atoms with van der Waals surface area (Å²) in [7, 11) is 3.78. The molecular weight excluding hydrogens is 360 g/mol. The Kier molecular flexibility index (Phi) is 3.58. The number of hydrogen-bond acceptors (Lipinski definition) is 4. The van der Waals surface area contributed by atoms with Gasteiger partial charge in [0.15, 0.2) is 0 Å². The van der Waals surface area contributed by atoms with Gasteiger partial charge in [0.25, 0.3) is 0 Å². The van der Waals surface area contributed by atoms with Crippen LogP contribution in [-0.4, -0.2) is 26.1 Å². The molecule has 0 saturated carbocycles. The van der Waals surface area contributed by atoms with Crippen molar-refractivity contribution in [1.29, 1.82) is 0 Å². The highest BCUT2D eigenvalue weighted by Gasteiger charge is 2.59. The van der Waals surface area contributed by atoms with Crippen LogP contribution in [-0.2, 0) is 5.41 Å². The lowest BCUT2D eigenvalue weighted by molar-refractivity contribution is 0.0824. The fourth-order valence-corrected chi connectivity index (χ4v) is 5.04. The summed E-state index contributed by atoms with van der Waals surface area (Å²) >= 11 is 0. The number of rotatable bonds is 1. The molecule has 0 unspecified atom stereocenters. The average molecular weight is 386 g/mol. The summed E-state index contributed by atoms with van der Waals surface area (Å²) in [6, 6.07) is 14.6. The van der Waals surface area contributed by atoms with E-state index in [1.165, 1.54) is 22.4 Å². The molecule has 2 heterocycles. The summed E-state index contributed by atoms with van der Waals surface area (Å²) in [4.78, 5) is 7.20. The van der Waals surface area contributed by atoms with E-state index in [-0.39, 0.29) is 5.41 Å². The van der Waals surface area contributed by atoms with Crippen molar-refractivity contribution >= 4 is 28.4 Å². The summed E-state index contributed by atoms with van der Waals surface area (Å²) in [5.74, 6) is 1.62. The predicted molar refractivity (Wildman–Crippen MR) is 119 cm³/mol. The molecule has 1 atom stereocenters. The molecule has 5 rings (SSSR count). The van der Waals surface area contributed by atoms with E-state index in [1.54, 1.807) is 7.11 Å². The van der Waals surface area contributed by atoms with Crippen LogP contribution in [0.5, 0.6) is 11.5 Å². The molecule has 0 saturated heterocycles. The molecule has 0 amide bonds. The maximum Gasteiger partial charge on any atom is 0.228 e. The first-order valence-corrected chi connectivity index (χ1v) is 9.99. The number of aryl methyl sites for hydroxylation is 1. The Bertz CT molecular complexity index is 1200. The number of aliphatic imine (C=N–C) groups is 1. The van der Waals surface area contributed by atoms with Crippen LogP contribution in [0.25, 0.3) is 10.8 Å². The van der Waals surface area contributed by atoms with Crippen LogP contribution in [0.15, 0.2) is 47.5 Å². The van der Waals surface area contributed by atoms with Gasteiger partial charge < -0.3 is 14.4 Å². The third-order valence-electron chi connectivity index (χ3n) is 6.89. The van der Waals surface area contributed by atoms with Gasteiger partial charge in [0, 0.05) is 18.1 Å². The third kappa shape index (κ3) is 2.17. The Labute approximate surface area is 171 Å². The summed E-state index contributed by atoms with van der Waals surface area (Å²) < 4.78 is 12.2. The summed E-state index contributed by atoms with van der Waals surface area (Å²) in [6.45, 7) is 8.88. The number of ether oxygens (including phenoxy) is 2. The number of hydrogen-bond donors (Lipinski definition) is 0. The van der Waals surface area contributed by atoms with Crippen molar-refractivity contribution in [3.63, 3.8) is 0 Å². The van der Waals surface area contributed by atoms with Gasteiger partial charge in [0.1, 0.15) is 17.2 Å². The molecule has 0 aliphatic carbocycles. The Morgan fingerprint density at radius 3 is 2.55 bits per heavy atom. The third-order valence-corrected chi connectivity index (χ3v) is 6.89. The molecule has 0 radical (unpaired) electrons. The Hall–Kier alpha value is -3.01. The minimum Gasteiger partial charge on any atom is -0.497 e. The van der Waals surface area contributed by atoms with Gasteiger partial charge in [-0.25, -0.2) is 0 Å². The minimum absolute atomic E-state index is 0.266. The van der Waals surface area contributed by atoms with Gasteiger partial charge in [-0.3, -0.25) is 4.99 Å². The predicted octanol–water partition coefficient (Wildman–Crippen LogP) is 5.68. The van der Waals surface area contributed by atoms with E-state index >= 15 is 0 Å². The Morgan fingerprint density at radius 2 is 1.79 bits per heavy atom. The van der Waals surface area contributed by atoms with Gasteiger partial charge in [-0.1, -0.05) is 18.2 Å². The SMILES string of the molecule is COc1ccc2ccc3c(c2c1)N=C[C@]1(O3)N(C)c2ccc(C)c(C)c2C1(C)C. The lowest BCUT2D eigenvalue weighted by Gasteiger charge is -2.45. The van der Waals surface area contributed by atoms with Crippen molar-refractivity contribution < 1.29 is 9.47 Å². The fraction of sp³-hybridized carbons (Fsp3) is 0.320. The average Bonchev–Trinajstić information content (AvgIpc) is 2.88.